The first kappa shape index (κ1) is 15.5. The highest BCUT2D eigenvalue weighted by Crippen LogP contribution is 2.26. The van der Waals surface area contributed by atoms with E-state index < -0.39 is 4.92 Å². The lowest BCUT2D eigenvalue weighted by Gasteiger charge is -2.08. The molecule has 106 valence electrons. The molecule has 0 aromatic heterocycles. The van der Waals surface area contributed by atoms with Crippen LogP contribution in [-0.2, 0) is 0 Å². The molecule has 9 heteroatoms. The number of nitrogens with two attached hydrogens (primary N) is 1. The van der Waals surface area contributed by atoms with Gasteiger partial charge in [0.05, 0.1) is 11.5 Å². The summed E-state index contributed by atoms with van der Waals surface area (Å²) in [5, 5.41) is 22.3. The van der Waals surface area contributed by atoms with E-state index in [9.17, 15) is 10.1 Å². The van der Waals surface area contributed by atoms with Crippen LogP contribution in [0.2, 0.25) is 0 Å². The summed E-state index contributed by atoms with van der Waals surface area (Å²) in [6.45, 7) is 1.70. The number of aliphatic hydroxyl groups excluding tert-OH is 1. The summed E-state index contributed by atoms with van der Waals surface area (Å²) in [5.41, 5.74) is 6.27. The van der Waals surface area contributed by atoms with Gasteiger partial charge >= 0.3 is 0 Å². The lowest BCUT2D eigenvalue weighted by molar-refractivity contribution is -0.383. The van der Waals surface area contributed by atoms with Gasteiger partial charge in [-0.3, -0.25) is 10.1 Å². The van der Waals surface area contributed by atoms with Gasteiger partial charge in [-0.25, -0.2) is 9.44 Å². The predicted molar refractivity (Wildman–Crippen MR) is 76.7 cm³/mol. The van der Waals surface area contributed by atoms with Crippen LogP contribution in [0, 0.1) is 10.1 Å². The minimum atomic E-state index is -0.469. The van der Waals surface area contributed by atoms with Crippen LogP contribution in [0.25, 0.3) is 0 Å². The fourth-order valence-electron chi connectivity index (χ4n) is 1.30. The topological polar surface area (TPSA) is 125 Å². The second-order valence-corrected chi connectivity index (χ2v) is 4.36. The first-order valence-corrected chi connectivity index (χ1v) is 6.47. The van der Waals surface area contributed by atoms with Gasteiger partial charge in [0.25, 0.3) is 5.69 Å². The third kappa shape index (κ3) is 5.75. The van der Waals surface area contributed by atoms with Gasteiger partial charge in [0.2, 0.25) is 0 Å². The molecule has 0 saturated heterocycles. The van der Waals surface area contributed by atoms with Gasteiger partial charge in [0, 0.05) is 43.5 Å². The van der Waals surface area contributed by atoms with E-state index in [1.165, 1.54) is 18.2 Å². The molecular weight excluding hydrogens is 270 g/mol. The molecule has 6 N–H and O–H groups in total. The molecule has 0 aliphatic rings. The van der Waals surface area contributed by atoms with E-state index in [4.69, 9.17) is 10.8 Å². The molecule has 1 aromatic rings. The largest absolute Gasteiger partial charge is 0.399 e. The Balaban J connectivity index is 2.35. The summed E-state index contributed by atoms with van der Waals surface area (Å²) in [6, 6.07) is 4.53. The normalized spacial score (nSPS) is 10.4. The van der Waals surface area contributed by atoms with E-state index in [-0.39, 0.29) is 12.3 Å². The highest BCUT2D eigenvalue weighted by atomic mass is 32.2. The van der Waals surface area contributed by atoms with Crippen LogP contribution in [-0.4, -0.2) is 36.3 Å². The number of hydrogen-bond acceptors (Lipinski definition) is 8. The van der Waals surface area contributed by atoms with Crippen LogP contribution in [0.1, 0.15) is 0 Å². The molecule has 1 rings (SSSR count). The van der Waals surface area contributed by atoms with Gasteiger partial charge in [-0.15, -0.1) is 0 Å². The van der Waals surface area contributed by atoms with Crippen LogP contribution in [0.3, 0.4) is 0 Å². The van der Waals surface area contributed by atoms with Crippen LogP contribution in [0.4, 0.5) is 17.1 Å². The molecule has 1 aromatic carbocycles. The van der Waals surface area contributed by atoms with E-state index in [1.807, 2.05) is 0 Å². The van der Waals surface area contributed by atoms with Crippen LogP contribution in [0.5, 0.6) is 0 Å². The Morgan fingerprint density at radius 1 is 1.32 bits per heavy atom. The number of nitrogen functional groups attached to an aromatic ring is 1. The Labute approximate surface area is 115 Å². The Morgan fingerprint density at radius 2 is 2.05 bits per heavy atom. The summed E-state index contributed by atoms with van der Waals surface area (Å²) in [7, 11) is 0. The van der Waals surface area contributed by atoms with Crippen molar-refractivity contribution in [3.63, 3.8) is 0 Å². The average molecular weight is 287 g/mol. The van der Waals surface area contributed by atoms with E-state index in [0.717, 1.165) is 0 Å². The Hall–Kier alpha value is -1.55. The number of anilines is 2. The zero-order valence-corrected chi connectivity index (χ0v) is 11.1. The fraction of sp³-hybridized carbons (Fsp3) is 0.400. The smallest absolute Gasteiger partial charge is 0.294 e. The van der Waals surface area contributed by atoms with Crippen LogP contribution in [0.15, 0.2) is 18.2 Å². The molecule has 0 aliphatic carbocycles. The van der Waals surface area contributed by atoms with Crippen molar-refractivity contribution >= 4 is 29.2 Å². The maximum atomic E-state index is 10.8. The van der Waals surface area contributed by atoms with Crippen molar-refractivity contribution in [3.8, 4) is 0 Å². The standard InChI is InChI=1S/C10H17N5O3S/c11-8-1-2-9(10(7-8)15(17)18)12-3-4-13-19-14-5-6-16/h1-2,7,12-14,16H,3-6,11H2. The molecule has 0 atom stereocenters. The second kappa shape index (κ2) is 8.53. The van der Waals surface area contributed by atoms with Gasteiger partial charge in [-0.1, -0.05) is 0 Å². The minimum absolute atomic E-state index is 0.0361. The Bertz CT molecular complexity index is 418. The van der Waals surface area contributed by atoms with E-state index in [0.29, 0.717) is 31.0 Å². The van der Waals surface area contributed by atoms with Gasteiger partial charge in [0.15, 0.2) is 0 Å². The third-order valence-corrected chi connectivity index (χ3v) is 2.82. The van der Waals surface area contributed by atoms with Crippen molar-refractivity contribution < 1.29 is 10.0 Å². The van der Waals surface area contributed by atoms with Gasteiger partial charge < -0.3 is 16.2 Å². The number of hydrogen-bond donors (Lipinski definition) is 5. The number of aliphatic hydroxyl groups is 1. The molecule has 0 fully saturated rings. The molecule has 0 bridgehead atoms. The molecule has 0 amide bonds. The van der Waals surface area contributed by atoms with Gasteiger partial charge in [0.1, 0.15) is 5.69 Å². The van der Waals surface area contributed by atoms with Gasteiger partial charge in [-0.2, -0.15) is 0 Å². The highest BCUT2D eigenvalue weighted by Gasteiger charge is 2.13. The zero-order chi connectivity index (χ0) is 14.1. The van der Waals surface area contributed by atoms with E-state index in [1.54, 1.807) is 12.1 Å². The average Bonchev–Trinajstić information content (AvgIpc) is 2.39. The number of benzene rings is 1. The summed E-state index contributed by atoms with van der Waals surface area (Å²) in [6.07, 6.45) is 0. The molecule has 19 heavy (non-hydrogen) atoms. The molecule has 0 heterocycles. The number of nitrogens with one attached hydrogen (secondary N) is 3. The molecule has 0 radical (unpaired) electrons. The summed E-state index contributed by atoms with van der Waals surface area (Å²) in [5.74, 6) is 0. The van der Waals surface area contributed by atoms with Crippen molar-refractivity contribution in [2.45, 2.75) is 0 Å². The van der Waals surface area contributed by atoms with Crippen molar-refractivity contribution in [2.75, 3.05) is 37.3 Å². The number of rotatable bonds is 9. The molecule has 0 spiro atoms. The number of nitro groups is 1. The van der Waals surface area contributed by atoms with Crippen molar-refractivity contribution in [2.24, 2.45) is 0 Å². The molecule has 0 aliphatic heterocycles. The predicted octanol–water partition coefficient (Wildman–Crippen LogP) is 0.324. The molecule has 0 saturated carbocycles. The molecule has 0 unspecified atom stereocenters. The SMILES string of the molecule is Nc1ccc(NCCNSNCCO)c([N+](=O)[O-])c1. The fourth-order valence-corrected chi connectivity index (χ4v) is 1.80. The molecular formula is C10H17N5O3S. The van der Waals surface area contributed by atoms with Crippen molar-refractivity contribution in [1.82, 2.24) is 9.44 Å². The third-order valence-electron chi connectivity index (χ3n) is 2.12. The van der Waals surface area contributed by atoms with Crippen LogP contribution < -0.4 is 20.5 Å². The number of nitro benzene ring substituents is 1. The van der Waals surface area contributed by atoms with Crippen LogP contribution >= 0.6 is 12.1 Å². The summed E-state index contributed by atoms with van der Waals surface area (Å²) in [4.78, 5) is 10.4. The first-order valence-electron chi connectivity index (χ1n) is 5.65. The van der Waals surface area contributed by atoms with Crippen molar-refractivity contribution in [3.05, 3.63) is 28.3 Å². The van der Waals surface area contributed by atoms with Gasteiger partial charge in [-0.05, 0) is 12.1 Å². The maximum Gasteiger partial charge on any atom is 0.294 e. The summed E-state index contributed by atoms with van der Waals surface area (Å²) < 4.78 is 5.86. The minimum Gasteiger partial charge on any atom is -0.399 e. The molecule has 8 nitrogen and oxygen atoms in total. The maximum absolute atomic E-state index is 10.8. The number of nitrogens with zero attached hydrogens (tertiary/aromatic N) is 1. The monoisotopic (exact) mass is 287 g/mol. The highest BCUT2D eigenvalue weighted by molar-refractivity contribution is 7.95. The summed E-state index contributed by atoms with van der Waals surface area (Å²) >= 11 is 1.27. The zero-order valence-electron chi connectivity index (χ0n) is 10.3. The lowest BCUT2D eigenvalue weighted by atomic mass is 10.2. The Morgan fingerprint density at radius 3 is 2.74 bits per heavy atom. The van der Waals surface area contributed by atoms with Crippen molar-refractivity contribution in [1.29, 1.82) is 0 Å². The quantitative estimate of drug-likeness (QED) is 0.145. The Kier molecular flexibility index (Phi) is 6.97. The lowest BCUT2D eigenvalue weighted by Crippen LogP contribution is -2.22. The van der Waals surface area contributed by atoms with E-state index in [2.05, 4.69) is 14.8 Å². The van der Waals surface area contributed by atoms with E-state index >= 15 is 0 Å². The first-order chi connectivity index (χ1) is 9.15. The second-order valence-electron chi connectivity index (χ2n) is 3.57.